The Morgan fingerprint density at radius 1 is 1.42 bits per heavy atom. The number of hydrogen-bond acceptors (Lipinski definition) is 3. The maximum atomic E-state index is 5.48. The van der Waals surface area contributed by atoms with Crippen LogP contribution in [0.2, 0.25) is 0 Å². The summed E-state index contributed by atoms with van der Waals surface area (Å²) in [5, 5.41) is 0. The van der Waals surface area contributed by atoms with Gasteiger partial charge in [-0.3, -0.25) is 11.3 Å². The summed E-state index contributed by atoms with van der Waals surface area (Å²) in [6, 6.07) is 0.481. The van der Waals surface area contributed by atoms with E-state index in [2.05, 4.69) is 26.2 Å². The molecule has 74 valence electrons. The first-order chi connectivity index (χ1) is 5.76. The summed E-state index contributed by atoms with van der Waals surface area (Å²) in [7, 11) is 0. The minimum atomic E-state index is 0.481. The molecule has 2 nitrogen and oxygen atoms in total. The fraction of sp³-hybridized carbons (Fsp3) is 1.00. The van der Waals surface area contributed by atoms with Crippen molar-refractivity contribution < 1.29 is 0 Å². The quantitative estimate of drug-likeness (QED) is 0.476. The molecule has 0 fully saturated rings. The van der Waals surface area contributed by atoms with E-state index in [1.165, 1.54) is 18.6 Å². The second kappa shape index (κ2) is 7.90. The molecule has 0 aliphatic heterocycles. The predicted molar refractivity (Wildman–Crippen MR) is 58.2 cm³/mol. The molecule has 0 aromatic carbocycles. The Labute approximate surface area is 80.6 Å². The second-order valence-electron chi connectivity index (χ2n) is 3.20. The third-order valence-corrected chi connectivity index (χ3v) is 3.15. The zero-order chi connectivity index (χ0) is 9.40. The summed E-state index contributed by atoms with van der Waals surface area (Å²) in [6.07, 6.45) is 2.51. The van der Waals surface area contributed by atoms with Crippen LogP contribution in [-0.2, 0) is 0 Å². The van der Waals surface area contributed by atoms with Gasteiger partial charge in [0.15, 0.2) is 0 Å². The van der Waals surface area contributed by atoms with Crippen LogP contribution in [0.5, 0.6) is 0 Å². The molecular weight excluding hydrogens is 168 g/mol. The van der Waals surface area contributed by atoms with Crippen LogP contribution >= 0.6 is 11.8 Å². The van der Waals surface area contributed by atoms with E-state index in [1.807, 2.05) is 11.8 Å². The van der Waals surface area contributed by atoms with Gasteiger partial charge in [0.1, 0.15) is 0 Å². The van der Waals surface area contributed by atoms with Crippen LogP contribution in [0.3, 0.4) is 0 Å². The number of hydrogen-bond donors (Lipinski definition) is 2. The minimum Gasteiger partial charge on any atom is -0.271 e. The zero-order valence-corrected chi connectivity index (χ0v) is 9.29. The molecule has 2 atom stereocenters. The topological polar surface area (TPSA) is 38.0 Å². The molecule has 0 spiro atoms. The summed E-state index contributed by atoms with van der Waals surface area (Å²) in [6.45, 7) is 6.67. The summed E-state index contributed by atoms with van der Waals surface area (Å²) in [5.74, 6) is 8.49. The molecule has 0 saturated carbocycles. The van der Waals surface area contributed by atoms with Crippen LogP contribution in [0, 0.1) is 5.92 Å². The lowest BCUT2D eigenvalue weighted by molar-refractivity contribution is 0.387. The summed E-state index contributed by atoms with van der Waals surface area (Å²) >= 11 is 1.95. The van der Waals surface area contributed by atoms with E-state index in [1.54, 1.807) is 0 Å². The van der Waals surface area contributed by atoms with Gasteiger partial charge in [-0.1, -0.05) is 27.2 Å². The van der Waals surface area contributed by atoms with Gasteiger partial charge < -0.3 is 0 Å². The molecule has 0 aliphatic rings. The molecule has 0 bridgehead atoms. The fourth-order valence-corrected chi connectivity index (χ4v) is 2.19. The van der Waals surface area contributed by atoms with Crippen molar-refractivity contribution in [1.29, 1.82) is 0 Å². The second-order valence-corrected chi connectivity index (χ2v) is 4.52. The highest BCUT2D eigenvalue weighted by Crippen LogP contribution is 2.14. The Morgan fingerprint density at radius 2 is 2.08 bits per heavy atom. The van der Waals surface area contributed by atoms with E-state index in [9.17, 15) is 0 Å². The molecule has 0 aromatic heterocycles. The van der Waals surface area contributed by atoms with E-state index < -0.39 is 0 Å². The van der Waals surface area contributed by atoms with Crippen molar-refractivity contribution >= 4 is 11.8 Å². The van der Waals surface area contributed by atoms with Gasteiger partial charge in [0, 0.05) is 11.8 Å². The Morgan fingerprint density at radius 3 is 2.50 bits per heavy atom. The normalized spacial score (nSPS) is 16.0. The van der Waals surface area contributed by atoms with E-state index in [4.69, 9.17) is 5.84 Å². The first-order valence-corrected chi connectivity index (χ1v) is 5.95. The first kappa shape index (κ1) is 12.3. The number of nitrogens with one attached hydrogen (secondary N) is 1. The number of thioether (sulfide) groups is 1. The Kier molecular flexibility index (Phi) is 8.07. The van der Waals surface area contributed by atoms with Crippen LogP contribution in [0.15, 0.2) is 0 Å². The van der Waals surface area contributed by atoms with E-state index in [0.29, 0.717) is 12.0 Å². The molecule has 0 radical (unpaired) electrons. The third-order valence-electron chi connectivity index (χ3n) is 2.15. The summed E-state index contributed by atoms with van der Waals surface area (Å²) in [4.78, 5) is 0. The first-order valence-electron chi connectivity index (χ1n) is 4.80. The lowest BCUT2D eigenvalue weighted by Crippen LogP contribution is -2.41. The van der Waals surface area contributed by atoms with Crippen molar-refractivity contribution in [3.8, 4) is 0 Å². The van der Waals surface area contributed by atoms with E-state index >= 15 is 0 Å². The maximum absolute atomic E-state index is 5.48. The van der Waals surface area contributed by atoms with Gasteiger partial charge >= 0.3 is 0 Å². The molecule has 0 rings (SSSR count). The Balaban J connectivity index is 3.62. The molecule has 0 aliphatic carbocycles. The number of nitrogens with two attached hydrogens (primary N) is 1. The van der Waals surface area contributed by atoms with Crippen LogP contribution in [0.25, 0.3) is 0 Å². The van der Waals surface area contributed by atoms with Gasteiger partial charge in [0.2, 0.25) is 0 Å². The molecule has 0 heterocycles. The lowest BCUT2D eigenvalue weighted by atomic mass is 9.99. The van der Waals surface area contributed by atoms with Gasteiger partial charge in [-0.05, 0) is 18.1 Å². The fourth-order valence-electron chi connectivity index (χ4n) is 1.28. The van der Waals surface area contributed by atoms with Crippen LogP contribution in [0.4, 0.5) is 0 Å². The van der Waals surface area contributed by atoms with Crippen LogP contribution in [-0.4, -0.2) is 17.5 Å². The van der Waals surface area contributed by atoms with Gasteiger partial charge in [-0.15, -0.1) is 0 Å². The van der Waals surface area contributed by atoms with Crippen molar-refractivity contribution in [2.45, 2.75) is 39.7 Å². The monoisotopic (exact) mass is 190 g/mol. The molecule has 0 saturated heterocycles. The molecular formula is C9H22N2S. The van der Waals surface area contributed by atoms with Crippen molar-refractivity contribution in [3.05, 3.63) is 0 Å². The highest BCUT2D eigenvalue weighted by Gasteiger charge is 2.13. The lowest BCUT2D eigenvalue weighted by Gasteiger charge is -2.22. The SMILES string of the molecule is CCCC(C)C(CSCC)NN. The molecule has 2 unspecified atom stereocenters. The smallest absolute Gasteiger partial charge is 0.0326 e. The van der Waals surface area contributed by atoms with E-state index in [0.717, 1.165) is 5.75 Å². The predicted octanol–water partition coefficient (Wildman–Crippen LogP) is 2.01. The van der Waals surface area contributed by atoms with Crippen molar-refractivity contribution in [2.24, 2.45) is 11.8 Å². The highest BCUT2D eigenvalue weighted by atomic mass is 32.2. The Bertz CT molecular complexity index is 98.5. The third kappa shape index (κ3) is 5.01. The number of rotatable bonds is 7. The van der Waals surface area contributed by atoms with Crippen LogP contribution < -0.4 is 11.3 Å². The van der Waals surface area contributed by atoms with Crippen molar-refractivity contribution in [3.63, 3.8) is 0 Å². The average Bonchev–Trinajstić information content (AvgIpc) is 2.06. The largest absolute Gasteiger partial charge is 0.271 e. The maximum Gasteiger partial charge on any atom is 0.0326 e. The van der Waals surface area contributed by atoms with E-state index in [-0.39, 0.29) is 0 Å². The molecule has 3 heteroatoms. The summed E-state index contributed by atoms with van der Waals surface area (Å²) < 4.78 is 0. The molecule has 0 amide bonds. The molecule has 12 heavy (non-hydrogen) atoms. The molecule has 3 N–H and O–H groups in total. The van der Waals surface area contributed by atoms with Crippen molar-refractivity contribution in [2.75, 3.05) is 11.5 Å². The zero-order valence-electron chi connectivity index (χ0n) is 8.47. The van der Waals surface area contributed by atoms with Gasteiger partial charge in [-0.25, -0.2) is 0 Å². The number of hydrazine groups is 1. The Hall–Kier alpha value is 0.270. The average molecular weight is 190 g/mol. The van der Waals surface area contributed by atoms with Gasteiger partial charge in [0.25, 0.3) is 0 Å². The van der Waals surface area contributed by atoms with Crippen LogP contribution in [0.1, 0.15) is 33.6 Å². The standard InChI is InChI=1S/C9H22N2S/c1-4-6-8(3)9(11-10)7-12-5-2/h8-9,11H,4-7,10H2,1-3H3. The van der Waals surface area contributed by atoms with Gasteiger partial charge in [0.05, 0.1) is 0 Å². The van der Waals surface area contributed by atoms with Gasteiger partial charge in [-0.2, -0.15) is 11.8 Å². The summed E-state index contributed by atoms with van der Waals surface area (Å²) in [5.41, 5.74) is 2.90. The molecule has 0 aromatic rings. The minimum absolute atomic E-state index is 0.481. The highest BCUT2D eigenvalue weighted by molar-refractivity contribution is 7.99. The van der Waals surface area contributed by atoms with Crippen molar-refractivity contribution in [1.82, 2.24) is 5.43 Å².